The number of carbonyl (C=O) groups is 1. The summed E-state index contributed by atoms with van der Waals surface area (Å²) in [6.07, 6.45) is 4.73. The van der Waals surface area contributed by atoms with Crippen LogP contribution in [0.5, 0.6) is 0 Å². The molecular formula is C26H33N7OS. The molecule has 8 nitrogen and oxygen atoms in total. The number of likely N-dealkylation sites (N-methyl/N-ethyl adjacent to an activating group) is 1. The Morgan fingerprint density at radius 2 is 1.83 bits per heavy atom. The van der Waals surface area contributed by atoms with Crippen LogP contribution in [0.15, 0.2) is 51.0 Å². The van der Waals surface area contributed by atoms with Gasteiger partial charge in [-0.2, -0.15) is 15.0 Å². The molecule has 3 aliphatic rings. The normalized spacial score (nSPS) is 18.6. The number of rotatable bonds is 8. The van der Waals surface area contributed by atoms with E-state index in [1.54, 1.807) is 0 Å². The van der Waals surface area contributed by atoms with Crippen LogP contribution in [0.2, 0.25) is 0 Å². The van der Waals surface area contributed by atoms with E-state index in [4.69, 9.17) is 15.0 Å². The standard InChI is InChI=1S/C26H33N7OS/c1-17(2)20-15-23(27-16-20)28-24-29-25(33-12-10-32(3)11-13-33)31-26(30-24)35-21-8-4-18(5-9-21)14-22(34)19-6-7-19/h4-5,8-9,15,17,19H,6-7,10-14,16H2,1-3H3,(H,27,28,29,30,31). The third-order valence-electron chi connectivity index (χ3n) is 6.67. The van der Waals surface area contributed by atoms with Crippen LogP contribution in [0.25, 0.3) is 0 Å². The van der Waals surface area contributed by atoms with Gasteiger partial charge in [0.25, 0.3) is 0 Å². The maximum Gasteiger partial charge on any atom is 0.234 e. The van der Waals surface area contributed by atoms with Gasteiger partial charge in [-0.1, -0.05) is 26.0 Å². The molecular weight excluding hydrogens is 458 g/mol. The molecule has 184 valence electrons. The number of hydrogen-bond acceptors (Lipinski definition) is 9. The topological polar surface area (TPSA) is 86.6 Å². The van der Waals surface area contributed by atoms with E-state index < -0.39 is 0 Å². The molecule has 1 aromatic carbocycles. The average molecular weight is 492 g/mol. The zero-order valence-corrected chi connectivity index (χ0v) is 21.5. The number of aliphatic imine (C=N–C) groups is 1. The Bertz CT molecular complexity index is 1130. The minimum absolute atomic E-state index is 0.295. The third-order valence-corrected chi connectivity index (χ3v) is 7.54. The summed E-state index contributed by atoms with van der Waals surface area (Å²) in [5.41, 5.74) is 2.37. The number of nitrogens with one attached hydrogen (secondary N) is 1. The predicted molar refractivity (Wildman–Crippen MR) is 140 cm³/mol. The lowest BCUT2D eigenvalue weighted by atomic mass is 10.0. The number of ketones is 1. The number of benzene rings is 1. The Morgan fingerprint density at radius 1 is 1.09 bits per heavy atom. The Hall–Kier alpha value is -2.78. The lowest BCUT2D eigenvalue weighted by Gasteiger charge is -2.32. The number of piperazine rings is 1. The lowest BCUT2D eigenvalue weighted by molar-refractivity contribution is -0.119. The summed E-state index contributed by atoms with van der Waals surface area (Å²) >= 11 is 1.51. The van der Waals surface area contributed by atoms with Crippen LogP contribution >= 0.6 is 11.8 Å². The predicted octanol–water partition coefficient (Wildman–Crippen LogP) is 3.70. The fourth-order valence-electron chi connectivity index (χ4n) is 4.11. The fourth-order valence-corrected chi connectivity index (χ4v) is 4.85. The number of carbonyl (C=O) groups excluding carboxylic acids is 1. The Kier molecular flexibility index (Phi) is 7.15. The zero-order valence-electron chi connectivity index (χ0n) is 20.7. The molecule has 3 heterocycles. The molecule has 5 rings (SSSR count). The summed E-state index contributed by atoms with van der Waals surface area (Å²) < 4.78 is 0. The van der Waals surface area contributed by atoms with Crippen LogP contribution in [0.1, 0.15) is 32.3 Å². The van der Waals surface area contributed by atoms with Gasteiger partial charge in [-0.25, -0.2) is 0 Å². The maximum absolute atomic E-state index is 12.1. The molecule has 1 saturated heterocycles. The van der Waals surface area contributed by atoms with Crippen LogP contribution in [0.3, 0.4) is 0 Å². The van der Waals surface area contributed by atoms with Gasteiger partial charge >= 0.3 is 0 Å². The molecule has 9 heteroatoms. The molecule has 0 radical (unpaired) electrons. The highest BCUT2D eigenvalue weighted by molar-refractivity contribution is 7.99. The number of nitrogens with zero attached hydrogens (tertiary/aromatic N) is 6. The molecule has 1 aromatic heterocycles. The number of aromatic nitrogens is 3. The molecule has 1 N–H and O–H groups in total. The third kappa shape index (κ3) is 6.27. The first kappa shape index (κ1) is 23.9. The number of anilines is 2. The van der Waals surface area contributed by atoms with Gasteiger partial charge in [0.1, 0.15) is 11.6 Å². The molecule has 0 atom stereocenters. The van der Waals surface area contributed by atoms with Gasteiger partial charge in [-0.05, 0) is 66.9 Å². The molecule has 35 heavy (non-hydrogen) atoms. The minimum atomic E-state index is 0.295. The van der Waals surface area contributed by atoms with Crippen molar-refractivity contribution in [2.45, 2.75) is 43.2 Å². The molecule has 0 unspecified atom stereocenters. The first-order valence-corrected chi connectivity index (χ1v) is 13.3. The summed E-state index contributed by atoms with van der Waals surface area (Å²) in [5, 5.41) is 3.95. The van der Waals surface area contributed by atoms with Crippen molar-refractivity contribution in [3.63, 3.8) is 0 Å². The highest BCUT2D eigenvalue weighted by Gasteiger charge is 2.29. The smallest absolute Gasteiger partial charge is 0.234 e. The molecule has 0 bridgehead atoms. The molecule has 1 saturated carbocycles. The summed E-state index contributed by atoms with van der Waals surface area (Å²) in [4.78, 5) is 36.5. The van der Waals surface area contributed by atoms with Gasteiger partial charge in [0.15, 0.2) is 5.16 Å². The van der Waals surface area contributed by atoms with Crippen molar-refractivity contribution >= 4 is 35.3 Å². The van der Waals surface area contributed by atoms with E-state index in [2.05, 4.69) is 47.1 Å². The highest BCUT2D eigenvalue weighted by Crippen LogP contribution is 2.32. The van der Waals surface area contributed by atoms with E-state index in [-0.39, 0.29) is 0 Å². The van der Waals surface area contributed by atoms with Crippen LogP contribution in [0.4, 0.5) is 11.9 Å². The van der Waals surface area contributed by atoms with Gasteiger partial charge in [-0.15, -0.1) is 0 Å². The zero-order chi connectivity index (χ0) is 24.4. The van der Waals surface area contributed by atoms with Gasteiger partial charge in [0, 0.05) is 43.4 Å². The number of Topliss-reactive ketones (excluding diaryl/α,β-unsaturated/α-hetero) is 1. The van der Waals surface area contributed by atoms with Crippen molar-refractivity contribution < 1.29 is 4.79 Å². The Morgan fingerprint density at radius 3 is 2.49 bits per heavy atom. The van der Waals surface area contributed by atoms with E-state index >= 15 is 0 Å². The second kappa shape index (κ2) is 10.5. The van der Waals surface area contributed by atoms with Gasteiger partial charge in [0.2, 0.25) is 11.9 Å². The summed E-state index contributed by atoms with van der Waals surface area (Å²) in [7, 11) is 2.14. The van der Waals surface area contributed by atoms with Crippen LogP contribution in [-0.4, -0.2) is 71.2 Å². The second-order valence-corrected chi connectivity index (χ2v) is 10.9. The quantitative estimate of drug-likeness (QED) is 0.598. The van der Waals surface area contributed by atoms with Crippen LogP contribution < -0.4 is 10.2 Å². The van der Waals surface area contributed by atoms with Gasteiger partial charge < -0.3 is 15.1 Å². The van der Waals surface area contributed by atoms with E-state index in [9.17, 15) is 4.79 Å². The number of amidine groups is 1. The Labute approximate surface area is 211 Å². The van der Waals surface area contributed by atoms with E-state index in [0.29, 0.717) is 47.6 Å². The van der Waals surface area contributed by atoms with Crippen molar-refractivity contribution in [1.29, 1.82) is 0 Å². The van der Waals surface area contributed by atoms with Crippen molar-refractivity contribution in [3.05, 3.63) is 41.5 Å². The monoisotopic (exact) mass is 491 g/mol. The molecule has 0 spiro atoms. The van der Waals surface area contributed by atoms with Crippen molar-refractivity contribution in [2.24, 2.45) is 16.8 Å². The Balaban J connectivity index is 1.34. The summed E-state index contributed by atoms with van der Waals surface area (Å²) in [5.74, 6) is 3.12. The van der Waals surface area contributed by atoms with E-state index in [1.165, 1.54) is 17.3 Å². The molecule has 2 fully saturated rings. The average Bonchev–Trinajstić information content (AvgIpc) is 3.59. The van der Waals surface area contributed by atoms with Crippen molar-refractivity contribution in [2.75, 3.05) is 50.0 Å². The van der Waals surface area contributed by atoms with Gasteiger partial charge in [-0.3, -0.25) is 9.79 Å². The van der Waals surface area contributed by atoms with Crippen molar-refractivity contribution in [3.8, 4) is 0 Å². The molecule has 2 aromatic rings. The first-order chi connectivity index (χ1) is 16.9. The lowest BCUT2D eigenvalue weighted by Crippen LogP contribution is -2.45. The molecule has 1 aliphatic carbocycles. The largest absolute Gasteiger partial charge is 0.338 e. The van der Waals surface area contributed by atoms with Crippen molar-refractivity contribution in [1.82, 2.24) is 19.9 Å². The fraction of sp³-hybridized carbons (Fsp3) is 0.500. The second-order valence-electron chi connectivity index (χ2n) is 9.90. The maximum atomic E-state index is 12.1. The highest BCUT2D eigenvalue weighted by atomic mass is 32.2. The summed E-state index contributed by atoms with van der Waals surface area (Å²) in [6, 6.07) is 8.17. The van der Waals surface area contributed by atoms with E-state index in [1.807, 2.05) is 24.3 Å². The van der Waals surface area contributed by atoms with Gasteiger partial charge in [0.05, 0.1) is 6.54 Å². The SMILES string of the molecule is CC(C)C1=CC(Nc2nc(Sc3ccc(CC(=O)C4CC4)cc3)nc(N3CCN(C)CC3)n2)=NC1. The van der Waals surface area contributed by atoms with Crippen LogP contribution in [0, 0.1) is 11.8 Å². The van der Waals surface area contributed by atoms with E-state index in [0.717, 1.165) is 55.3 Å². The minimum Gasteiger partial charge on any atom is -0.338 e. The summed E-state index contributed by atoms with van der Waals surface area (Å²) in [6.45, 7) is 8.79. The molecule has 0 amide bonds. The first-order valence-electron chi connectivity index (χ1n) is 12.4. The number of hydrogen-bond donors (Lipinski definition) is 1. The van der Waals surface area contributed by atoms with Crippen LogP contribution in [-0.2, 0) is 11.2 Å². The molecule has 2 aliphatic heterocycles.